The van der Waals surface area contributed by atoms with Crippen molar-refractivity contribution in [3.63, 3.8) is 0 Å². The Labute approximate surface area is 49.6 Å². The fourth-order valence-electron chi connectivity index (χ4n) is 0. The van der Waals surface area contributed by atoms with Gasteiger partial charge in [0.15, 0.2) is 5.11 Å². The summed E-state index contributed by atoms with van der Waals surface area (Å²) < 4.78 is 0. The summed E-state index contributed by atoms with van der Waals surface area (Å²) in [5, 5.41) is 0.000000000000000222. The Morgan fingerprint density at radius 2 is 1.40 bits per heavy atom. The second-order valence-corrected chi connectivity index (χ2v) is 0.874. The molecule has 0 saturated carbocycles. The average Bonchev–Trinajstić information content (AvgIpc) is 0.811. The fraction of sp³-hybridized carbons (Fsp3) is 0. The zero-order valence-electron chi connectivity index (χ0n) is 2.44. The van der Waals surface area contributed by atoms with E-state index in [1.165, 1.54) is 0 Å². The molecule has 0 spiro atoms. The molecule has 0 saturated heterocycles. The molecule has 2 nitrogen and oxygen atoms in total. The summed E-state index contributed by atoms with van der Waals surface area (Å²) in [6.07, 6.45) is 0. The predicted octanol–water partition coefficient (Wildman–Crippen LogP) is -0.814. The maximum absolute atomic E-state index is 4.62. The van der Waals surface area contributed by atoms with Gasteiger partial charge in [0.25, 0.3) is 0 Å². The molecule has 4 heteroatoms. The summed E-state index contributed by atoms with van der Waals surface area (Å²) in [4.78, 5) is 0. The van der Waals surface area contributed by atoms with Crippen LogP contribution < -0.4 is 11.5 Å². The third-order valence-electron chi connectivity index (χ3n) is 0. The standard InChI is InChI=1S/CH4N2S.Re/c2-1(3)4;/h(H4,2,3,4);. The number of hydrogen-bond donors (Lipinski definition) is 2. The first-order valence-corrected chi connectivity index (χ1v) is 1.19. The van der Waals surface area contributed by atoms with Crippen LogP contribution in [0.5, 0.6) is 0 Å². The first-order chi connectivity index (χ1) is 1.73. The molecule has 4 N–H and O–H groups in total. The van der Waals surface area contributed by atoms with E-state index in [0.717, 1.165) is 0 Å². The first-order valence-electron chi connectivity index (χ1n) is 0.781. The molecule has 0 atom stereocenters. The van der Waals surface area contributed by atoms with Crippen molar-refractivity contribution < 1.29 is 20.4 Å². The molecule has 0 heterocycles. The van der Waals surface area contributed by atoms with Crippen LogP contribution in [0.25, 0.3) is 0 Å². The molecule has 1 radical (unpaired) electrons. The van der Waals surface area contributed by atoms with Gasteiger partial charge in [-0.1, -0.05) is 0 Å². The Morgan fingerprint density at radius 3 is 1.40 bits per heavy atom. The van der Waals surface area contributed by atoms with Gasteiger partial charge >= 0.3 is 0 Å². The van der Waals surface area contributed by atoms with Crippen LogP contribution in [-0.4, -0.2) is 5.11 Å². The molecule has 0 amide bonds. The normalized spacial score (nSPS) is 4.80. The summed E-state index contributed by atoms with van der Waals surface area (Å²) in [5.74, 6) is 0. The van der Waals surface area contributed by atoms with E-state index >= 15 is 0 Å². The maximum Gasteiger partial charge on any atom is 0.160 e. The molecule has 0 aliphatic carbocycles. The van der Waals surface area contributed by atoms with E-state index in [9.17, 15) is 0 Å². The van der Waals surface area contributed by atoms with E-state index in [1.54, 1.807) is 0 Å². The Balaban J connectivity index is 0. The third kappa shape index (κ3) is 194. The van der Waals surface area contributed by atoms with Crippen LogP contribution in [0.3, 0.4) is 0 Å². The predicted molar refractivity (Wildman–Crippen MR) is 21.0 cm³/mol. The minimum absolute atomic E-state index is 0. The minimum Gasteiger partial charge on any atom is -0.377 e. The average molecular weight is 262 g/mol. The summed E-state index contributed by atoms with van der Waals surface area (Å²) in [7, 11) is 0. The van der Waals surface area contributed by atoms with Gasteiger partial charge in [0.05, 0.1) is 0 Å². The van der Waals surface area contributed by atoms with Crippen molar-refractivity contribution in [1.29, 1.82) is 0 Å². The van der Waals surface area contributed by atoms with E-state index in [4.69, 9.17) is 0 Å². The molecule has 0 aliphatic rings. The molecule has 0 fully saturated rings. The maximum atomic E-state index is 4.62. The van der Waals surface area contributed by atoms with E-state index < -0.39 is 0 Å². The van der Waals surface area contributed by atoms with E-state index in [2.05, 4.69) is 23.7 Å². The van der Waals surface area contributed by atoms with Gasteiger partial charge in [-0.3, -0.25) is 0 Å². The van der Waals surface area contributed by atoms with Gasteiger partial charge in [-0.25, -0.2) is 0 Å². The van der Waals surface area contributed by atoms with Gasteiger partial charge in [0.2, 0.25) is 0 Å². The van der Waals surface area contributed by atoms with Crippen LogP contribution in [0, 0.1) is 0 Å². The number of hydrogen-bond acceptors (Lipinski definition) is 1. The molecule has 0 aromatic carbocycles. The summed E-state index contributed by atoms with van der Waals surface area (Å²) in [5.41, 5.74) is 9.24. The zero-order chi connectivity index (χ0) is 3.58. The van der Waals surface area contributed by atoms with Crippen molar-refractivity contribution in [2.75, 3.05) is 0 Å². The summed E-state index contributed by atoms with van der Waals surface area (Å²) in [6.45, 7) is 0. The fourth-order valence-corrected chi connectivity index (χ4v) is 0. The molecule has 0 bridgehead atoms. The van der Waals surface area contributed by atoms with E-state index in [0.29, 0.717) is 0 Å². The minimum atomic E-state index is 0. The van der Waals surface area contributed by atoms with Crippen LogP contribution in [0.2, 0.25) is 0 Å². The quantitative estimate of drug-likeness (QED) is 0.561. The summed E-state index contributed by atoms with van der Waals surface area (Å²) >= 11 is 4.09. The number of rotatable bonds is 0. The Kier molecular flexibility index (Phi) is 7.85. The van der Waals surface area contributed by atoms with Crippen LogP contribution in [-0.2, 0) is 20.4 Å². The topological polar surface area (TPSA) is 52.0 Å². The van der Waals surface area contributed by atoms with Crippen molar-refractivity contribution in [1.82, 2.24) is 0 Å². The number of nitrogens with two attached hydrogens (primary N) is 2. The van der Waals surface area contributed by atoms with Crippen molar-refractivity contribution >= 4 is 17.3 Å². The van der Waals surface area contributed by atoms with Gasteiger partial charge in [-0.15, -0.1) is 0 Å². The van der Waals surface area contributed by atoms with Crippen molar-refractivity contribution in [3.8, 4) is 0 Å². The molecule has 5 heavy (non-hydrogen) atoms. The van der Waals surface area contributed by atoms with Gasteiger partial charge < -0.3 is 11.5 Å². The van der Waals surface area contributed by atoms with Gasteiger partial charge in [0.1, 0.15) is 0 Å². The summed E-state index contributed by atoms with van der Waals surface area (Å²) in [6, 6.07) is 0. The third-order valence-corrected chi connectivity index (χ3v) is 0. The Morgan fingerprint density at radius 1 is 1.40 bits per heavy atom. The molecule has 0 aromatic rings. The monoisotopic (exact) mass is 263 g/mol. The molecule has 0 unspecified atom stereocenters. The zero-order valence-corrected chi connectivity index (χ0v) is 5.97. The molecule has 31 valence electrons. The SMILES string of the molecule is NC(N)=S.[Re]. The van der Waals surface area contributed by atoms with Crippen LogP contribution in [0.4, 0.5) is 0 Å². The second kappa shape index (κ2) is 4.35. The van der Waals surface area contributed by atoms with Crippen molar-refractivity contribution in [2.24, 2.45) is 11.5 Å². The Bertz CT molecular complexity index is 32.6. The largest absolute Gasteiger partial charge is 0.377 e. The molecular weight excluding hydrogens is 258 g/mol. The van der Waals surface area contributed by atoms with Crippen LogP contribution in [0.15, 0.2) is 0 Å². The Hall–Kier alpha value is 0.352. The number of thiocarbonyl (C=S) groups is 1. The second-order valence-electron chi connectivity index (χ2n) is 0.402. The van der Waals surface area contributed by atoms with Crippen LogP contribution in [0.1, 0.15) is 0 Å². The molecule has 0 aliphatic heterocycles. The molecule has 0 aromatic heterocycles. The molecule has 0 rings (SSSR count). The van der Waals surface area contributed by atoms with E-state index in [1.807, 2.05) is 0 Å². The van der Waals surface area contributed by atoms with Gasteiger partial charge in [-0.2, -0.15) is 0 Å². The van der Waals surface area contributed by atoms with Gasteiger partial charge in [-0.05, 0) is 12.2 Å². The van der Waals surface area contributed by atoms with Crippen LogP contribution >= 0.6 is 12.2 Å². The smallest absolute Gasteiger partial charge is 0.160 e. The van der Waals surface area contributed by atoms with Crippen molar-refractivity contribution in [2.45, 2.75) is 0 Å². The van der Waals surface area contributed by atoms with E-state index in [-0.39, 0.29) is 25.5 Å². The van der Waals surface area contributed by atoms with Crippen molar-refractivity contribution in [3.05, 3.63) is 0 Å². The first kappa shape index (κ1) is 9.02. The molecular formula is CH4N2ReS. The van der Waals surface area contributed by atoms with Gasteiger partial charge in [0, 0.05) is 20.4 Å².